The van der Waals surface area contributed by atoms with Gasteiger partial charge < -0.3 is 19.6 Å². The van der Waals surface area contributed by atoms with Crippen LogP contribution in [0.1, 0.15) is 16.3 Å². The number of carbonyl (C=O) groups is 1. The van der Waals surface area contributed by atoms with Gasteiger partial charge in [0.15, 0.2) is 5.76 Å². The molecule has 27 heavy (non-hydrogen) atoms. The van der Waals surface area contributed by atoms with Gasteiger partial charge in [0.25, 0.3) is 5.91 Å². The van der Waals surface area contributed by atoms with Gasteiger partial charge in [-0.3, -0.25) is 4.79 Å². The number of fused-ring (bicyclic) bond motifs is 1. The number of amides is 1. The van der Waals surface area contributed by atoms with E-state index in [-0.39, 0.29) is 18.1 Å². The highest BCUT2D eigenvalue weighted by atomic mass is 16.5. The smallest absolute Gasteiger partial charge is 0.291 e. The molecule has 0 saturated heterocycles. The van der Waals surface area contributed by atoms with Crippen LogP contribution in [0.2, 0.25) is 0 Å². The van der Waals surface area contributed by atoms with Crippen LogP contribution >= 0.6 is 0 Å². The second-order valence-electron chi connectivity index (χ2n) is 6.04. The Balaban J connectivity index is 1.44. The van der Waals surface area contributed by atoms with E-state index >= 15 is 0 Å². The molecule has 0 aliphatic heterocycles. The number of phenolic OH excluding ortho intramolecular Hbond substituents is 1. The van der Waals surface area contributed by atoms with Gasteiger partial charge in [-0.25, -0.2) is 0 Å². The zero-order chi connectivity index (χ0) is 18.6. The van der Waals surface area contributed by atoms with E-state index in [1.54, 1.807) is 24.3 Å². The summed E-state index contributed by atoms with van der Waals surface area (Å²) in [6.07, 6.45) is 0. The molecule has 0 aliphatic carbocycles. The number of nitrogens with one attached hydrogen (secondary N) is 1. The fourth-order valence-electron chi connectivity index (χ4n) is 2.82. The monoisotopic (exact) mass is 359 g/mol. The number of hydrogen-bond acceptors (Lipinski definition) is 4. The number of aromatic hydroxyl groups is 1. The maximum atomic E-state index is 12.3. The Labute approximate surface area is 155 Å². The Morgan fingerprint density at radius 2 is 1.78 bits per heavy atom. The normalized spacial score (nSPS) is 10.7. The highest BCUT2D eigenvalue weighted by Gasteiger charge is 2.12. The molecule has 5 heteroatoms. The summed E-state index contributed by atoms with van der Waals surface area (Å²) in [4.78, 5) is 12.3. The lowest BCUT2D eigenvalue weighted by Crippen LogP contribution is -2.10. The van der Waals surface area contributed by atoms with Crippen molar-refractivity contribution >= 4 is 22.4 Å². The number of benzene rings is 3. The molecule has 0 radical (unpaired) electrons. The zero-order valence-corrected chi connectivity index (χ0v) is 14.4. The summed E-state index contributed by atoms with van der Waals surface area (Å²) in [5.74, 6) is 1.17. The minimum absolute atomic E-state index is 0.0800. The summed E-state index contributed by atoms with van der Waals surface area (Å²) < 4.78 is 11.5. The van der Waals surface area contributed by atoms with Crippen LogP contribution in [0.3, 0.4) is 0 Å². The first kappa shape index (κ1) is 16.7. The lowest BCUT2D eigenvalue weighted by atomic mass is 10.1. The predicted octanol–water partition coefficient (Wildman–Crippen LogP) is 4.97. The fourth-order valence-corrected chi connectivity index (χ4v) is 2.82. The molecule has 4 rings (SSSR count). The van der Waals surface area contributed by atoms with Crippen LogP contribution in [0, 0.1) is 0 Å². The van der Waals surface area contributed by atoms with E-state index < -0.39 is 5.91 Å². The summed E-state index contributed by atoms with van der Waals surface area (Å²) in [5, 5.41) is 14.3. The van der Waals surface area contributed by atoms with Crippen LogP contribution in [0.4, 0.5) is 5.69 Å². The van der Waals surface area contributed by atoms with Crippen molar-refractivity contribution < 1.29 is 19.1 Å². The van der Waals surface area contributed by atoms with E-state index in [1.165, 1.54) is 12.1 Å². The first-order chi connectivity index (χ1) is 13.2. The van der Waals surface area contributed by atoms with Gasteiger partial charge in [0, 0.05) is 17.1 Å². The Kier molecular flexibility index (Phi) is 4.49. The summed E-state index contributed by atoms with van der Waals surface area (Å²) >= 11 is 0. The Bertz CT molecular complexity index is 1090. The number of hydrogen-bond donors (Lipinski definition) is 2. The first-order valence-electron chi connectivity index (χ1n) is 8.49. The highest BCUT2D eigenvalue weighted by Crippen LogP contribution is 2.26. The quantitative estimate of drug-likeness (QED) is 0.528. The van der Waals surface area contributed by atoms with E-state index in [0.29, 0.717) is 11.4 Å². The van der Waals surface area contributed by atoms with Crippen molar-refractivity contribution in [3.05, 3.63) is 90.4 Å². The van der Waals surface area contributed by atoms with Crippen molar-refractivity contribution in [2.24, 2.45) is 0 Å². The third-order valence-corrected chi connectivity index (χ3v) is 4.11. The van der Waals surface area contributed by atoms with Crippen molar-refractivity contribution in [1.29, 1.82) is 0 Å². The highest BCUT2D eigenvalue weighted by molar-refractivity contribution is 6.02. The third-order valence-electron chi connectivity index (χ3n) is 4.11. The molecule has 3 aromatic carbocycles. The maximum absolute atomic E-state index is 12.3. The van der Waals surface area contributed by atoms with Gasteiger partial charge in [-0.2, -0.15) is 0 Å². The van der Waals surface area contributed by atoms with Gasteiger partial charge in [-0.05, 0) is 35.7 Å². The molecule has 4 aromatic rings. The van der Waals surface area contributed by atoms with Gasteiger partial charge in [-0.15, -0.1) is 0 Å². The van der Waals surface area contributed by atoms with Crippen molar-refractivity contribution in [1.82, 2.24) is 0 Å². The van der Waals surface area contributed by atoms with Crippen LogP contribution in [0.15, 0.2) is 83.3 Å². The Morgan fingerprint density at radius 1 is 0.963 bits per heavy atom. The topological polar surface area (TPSA) is 71.7 Å². The van der Waals surface area contributed by atoms with Crippen molar-refractivity contribution in [2.45, 2.75) is 6.61 Å². The molecule has 1 heterocycles. The van der Waals surface area contributed by atoms with Crippen molar-refractivity contribution in [3.8, 4) is 11.5 Å². The van der Waals surface area contributed by atoms with Gasteiger partial charge in [0.1, 0.15) is 23.9 Å². The minimum atomic E-state index is -0.392. The summed E-state index contributed by atoms with van der Waals surface area (Å²) in [5.41, 5.74) is 0.491. The molecule has 0 spiro atoms. The maximum Gasteiger partial charge on any atom is 0.291 e. The molecule has 1 amide bonds. The molecule has 0 atom stereocenters. The second-order valence-corrected chi connectivity index (χ2v) is 6.04. The van der Waals surface area contributed by atoms with Gasteiger partial charge in [0.2, 0.25) is 0 Å². The predicted molar refractivity (Wildman–Crippen MR) is 103 cm³/mol. The van der Waals surface area contributed by atoms with Crippen molar-refractivity contribution in [3.63, 3.8) is 0 Å². The zero-order valence-electron chi connectivity index (χ0n) is 14.4. The summed E-state index contributed by atoms with van der Waals surface area (Å²) in [6.45, 7) is 0.216. The van der Waals surface area contributed by atoms with Gasteiger partial charge in [-0.1, -0.05) is 42.5 Å². The molecule has 0 fully saturated rings. The molecule has 1 aromatic heterocycles. The van der Waals surface area contributed by atoms with Crippen LogP contribution in [-0.4, -0.2) is 11.0 Å². The Morgan fingerprint density at radius 3 is 2.67 bits per heavy atom. The number of carbonyl (C=O) groups excluding carboxylic acids is 1. The van der Waals surface area contributed by atoms with Crippen LogP contribution in [0.5, 0.6) is 11.5 Å². The molecule has 0 unspecified atom stereocenters. The van der Waals surface area contributed by atoms with Crippen LogP contribution in [0.25, 0.3) is 10.8 Å². The molecule has 2 N–H and O–H groups in total. The molecular weight excluding hydrogens is 342 g/mol. The number of ether oxygens (including phenoxy) is 1. The lowest BCUT2D eigenvalue weighted by Gasteiger charge is -2.08. The van der Waals surface area contributed by atoms with E-state index in [1.807, 2.05) is 42.5 Å². The van der Waals surface area contributed by atoms with Gasteiger partial charge in [0.05, 0.1) is 0 Å². The SMILES string of the molecule is O=C(Nc1cccc(O)c1)c1ccc(COc2cccc3ccccc23)o1. The third kappa shape index (κ3) is 3.77. The second kappa shape index (κ2) is 7.25. The molecule has 0 aliphatic rings. The fraction of sp³-hybridized carbons (Fsp3) is 0.0455. The molecule has 5 nitrogen and oxygen atoms in total. The average Bonchev–Trinajstić information content (AvgIpc) is 3.15. The van der Waals surface area contributed by atoms with Gasteiger partial charge >= 0.3 is 0 Å². The standard InChI is InChI=1S/C22H17NO4/c24-17-8-4-7-16(13-17)23-22(25)21-12-11-18(27-21)14-26-20-10-3-6-15-5-1-2-9-19(15)20/h1-13,24H,14H2,(H,23,25). The van der Waals surface area contributed by atoms with Crippen LogP contribution in [-0.2, 0) is 6.61 Å². The Hall–Kier alpha value is -3.73. The minimum Gasteiger partial charge on any atom is -0.508 e. The van der Waals surface area contributed by atoms with Crippen molar-refractivity contribution in [2.75, 3.05) is 5.32 Å². The largest absolute Gasteiger partial charge is 0.508 e. The number of phenols is 1. The lowest BCUT2D eigenvalue weighted by molar-refractivity contribution is 0.0992. The average molecular weight is 359 g/mol. The van der Waals surface area contributed by atoms with E-state index in [0.717, 1.165) is 16.5 Å². The molecular formula is C22H17NO4. The summed E-state index contributed by atoms with van der Waals surface area (Å²) in [6, 6.07) is 23.5. The molecule has 0 saturated carbocycles. The molecule has 0 bridgehead atoms. The van der Waals surface area contributed by atoms with E-state index in [4.69, 9.17) is 9.15 Å². The first-order valence-corrected chi connectivity index (χ1v) is 8.49. The number of furan rings is 1. The number of rotatable bonds is 5. The number of anilines is 1. The van der Waals surface area contributed by atoms with Crippen LogP contribution < -0.4 is 10.1 Å². The van der Waals surface area contributed by atoms with E-state index in [9.17, 15) is 9.90 Å². The molecule has 134 valence electrons. The van der Waals surface area contributed by atoms with E-state index in [2.05, 4.69) is 5.32 Å². The summed E-state index contributed by atoms with van der Waals surface area (Å²) in [7, 11) is 0.